The zero-order valence-electron chi connectivity index (χ0n) is 16.1. The van der Waals surface area contributed by atoms with Crippen molar-refractivity contribution in [2.45, 2.75) is 40.2 Å². The third-order valence-electron chi connectivity index (χ3n) is 4.27. The van der Waals surface area contributed by atoms with Crippen molar-refractivity contribution in [2.24, 2.45) is 0 Å². The van der Waals surface area contributed by atoms with Crippen molar-refractivity contribution in [1.82, 2.24) is 29.5 Å². The van der Waals surface area contributed by atoms with E-state index < -0.39 is 0 Å². The summed E-state index contributed by atoms with van der Waals surface area (Å²) in [5, 5.41) is 9.75. The molecule has 4 rings (SSSR count). The zero-order valence-corrected chi connectivity index (χ0v) is 16.1. The molecular weight excluding hydrogens is 340 g/mol. The molecule has 1 aromatic carbocycles. The topological polar surface area (TPSA) is 70.7 Å². The molecule has 0 bridgehead atoms. The number of ether oxygens (including phenoxy) is 1. The van der Waals surface area contributed by atoms with E-state index in [1.165, 1.54) is 6.33 Å². The van der Waals surface area contributed by atoms with Gasteiger partial charge in [0.15, 0.2) is 5.65 Å². The molecule has 0 fully saturated rings. The second-order valence-corrected chi connectivity index (χ2v) is 7.58. The molecule has 0 aliphatic heterocycles. The van der Waals surface area contributed by atoms with E-state index in [4.69, 9.17) is 4.74 Å². The second-order valence-electron chi connectivity index (χ2n) is 7.58. The zero-order chi connectivity index (χ0) is 19.2. The maximum atomic E-state index is 6.01. The number of nitrogens with zero attached hydrogens (tertiary/aromatic N) is 6. The molecule has 0 spiro atoms. The lowest BCUT2D eigenvalue weighted by atomic mass is 10.1. The number of aryl methyl sites for hydroxylation is 2. The van der Waals surface area contributed by atoms with Crippen molar-refractivity contribution in [3.63, 3.8) is 0 Å². The van der Waals surface area contributed by atoms with Crippen molar-refractivity contribution < 1.29 is 4.74 Å². The van der Waals surface area contributed by atoms with E-state index in [2.05, 4.69) is 47.0 Å². The Bertz CT molecular complexity index is 1100. The highest BCUT2D eigenvalue weighted by molar-refractivity contribution is 5.80. The highest BCUT2D eigenvalue weighted by atomic mass is 16.5. The fourth-order valence-corrected chi connectivity index (χ4v) is 3.05. The fraction of sp³-hybridized carbons (Fsp3) is 0.300. The normalized spacial score (nSPS) is 11.9. The number of benzene rings is 1. The maximum Gasteiger partial charge on any atom is 0.233 e. The summed E-state index contributed by atoms with van der Waals surface area (Å²) in [5.41, 5.74) is 3.66. The molecule has 0 saturated carbocycles. The van der Waals surface area contributed by atoms with Crippen LogP contribution in [0.1, 0.15) is 32.2 Å². The molecule has 0 amide bonds. The fourth-order valence-electron chi connectivity index (χ4n) is 3.05. The van der Waals surface area contributed by atoms with Crippen LogP contribution in [-0.2, 0) is 5.54 Å². The predicted molar refractivity (Wildman–Crippen MR) is 103 cm³/mol. The van der Waals surface area contributed by atoms with Crippen LogP contribution in [0, 0.1) is 13.8 Å². The lowest BCUT2D eigenvalue weighted by Gasteiger charge is -2.19. The predicted octanol–water partition coefficient (Wildman–Crippen LogP) is 4.18. The summed E-state index contributed by atoms with van der Waals surface area (Å²) in [6.45, 7) is 10.3. The summed E-state index contributed by atoms with van der Waals surface area (Å²) in [6.07, 6.45) is 3.26. The number of aromatic nitrogens is 6. The Balaban J connectivity index is 1.65. The molecule has 3 aromatic heterocycles. The van der Waals surface area contributed by atoms with E-state index in [-0.39, 0.29) is 5.54 Å². The van der Waals surface area contributed by atoms with Gasteiger partial charge >= 0.3 is 0 Å². The Kier molecular flexibility index (Phi) is 3.95. The van der Waals surface area contributed by atoms with Gasteiger partial charge in [0.05, 0.1) is 23.1 Å². The number of rotatable bonds is 3. The molecule has 138 valence electrons. The van der Waals surface area contributed by atoms with E-state index in [1.54, 1.807) is 6.20 Å². The molecule has 0 radical (unpaired) electrons. The standard InChI is InChI=1S/C20H22N6O/c1-13-10-14(2)25(24-13)15-6-8-16(9-7-15)27-19-17-11-23-26(20(3,4)5)18(17)21-12-22-19/h6-12H,1-5H3. The van der Waals surface area contributed by atoms with Gasteiger partial charge in [-0.25, -0.2) is 19.3 Å². The first-order valence-electron chi connectivity index (χ1n) is 8.84. The van der Waals surface area contributed by atoms with Gasteiger partial charge in [0.25, 0.3) is 0 Å². The van der Waals surface area contributed by atoms with Gasteiger partial charge in [-0.3, -0.25) is 0 Å². The summed E-state index contributed by atoms with van der Waals surface area (Å²) in [4.78, 5) is 8.66. The Morgan fingerprint density at radius 2 is 1.74 bits per heavy atom. The van der Waals surface area contributed by atoms with Gasteiger partial charge in [0.1, 0.15) is 17.5 Å². The quantitative estimate of drug-likeness (QED) is 0.547. The lowest BCUT2D eigenvalue weighted by molar-refractivity contribution is 0.365. The summed E-state index contributed by atoms with van der Waals surface area (Å²) >= 11 is 0. The Labute approximate surface area is 157 Å². The Morgan fingerprint density at radius 3 is 2.37 bits per heavy atom. The van der Waals surface area contributed by atoms with Gasteiger partial charge in [-0.2, -0.15) is 10.2 Å². The Hall–Kier alpha value is -3.22. The van der Waals surface area contributed by atoms with Crippen LogP contribution < -0.4 is 4.74 Å². The largest absolute Gasteiger partial charge is 0.438 e. The first kappa shape index (κ1) is 17.2. The van der Waals surface area contributed by atoms with Crippen LogP contribution in [0.4, 0.5) is 0 Å². The van der Waals surface area contributed by atoms with E-state index in [0.29, 0.717) is 11.6 Å². The van der Waals surface area contributed by atoms with Crippen LogP contribution >= 0.6 is 0 Å². The van der Waals surface area contributed by atoms with Crippen LogP contribution in [0.5, 0.6) is 11.6 Å². The van der Waals surface area contributed by atoms with E-state index in [9.17, 15) is 0 Å². The summed E-state index contributed by atoms with van der Waals surface area (Å²) < 4.78 is 9.80. The van der Waals surface area contributed by atoms with Gasteiger partial charge < -0.3 is 4.74 Å². The van der Waals surface area contributed by atoms with Crippen molar-refractivity contribution >= 4 is 11.0 Å². The summed E-state index contributed by atoms with van der Waals surface area (Å²) in [5.74, 6) is 1.19. The number of fused-ring (bicyclic) bond motifs is 1. The highest BCUT2D eigenvalue weighted by Crippen LogP contribution is 2.29. The minimum atomic E-state index is -0.172. The molecule has 0 aliphatic carbocycles. The molecule has 0 atom stereocenters. The maximum absolute atomic E-state index is 6.01. The molecule has 0 saturated heterocycles. The monoisotopic (exact) mass is 362 g/mol. The van der Waals surface area contributed by atoms with Crippen LogP contribution in [-0.4, -0.2) is 29.5 Å². The summed E-state index contributed by atoms with van der Waals surface area (Å²) in [7, 11) is 0. The van der Waals surface area contributed by atoms with E-state index in [1.807, 2.05) is 47.5 Å². The van der Waals surface area contributed by atoms with Crippen molar-refractivity contribution in [3.05, 3.63) is 54.2 Å². The molecule has 4 aromatic rings. The van der Waals surface area contributed by atoms with Crippen LogP contribution in [0.15, 0.2) is 42.9 Å². The first-order valence-corrected chi connectivity index (χ1v) is 8.84. The van der Waals surface area contributed by atoms with Crippen LogP contribution in [0.3, 0.4) is 0 Å². The Morgan fingerprint density at radius 1 is 1.00 bits per heavy atom. The summed E-state index contributed by atoms with van der Waals surface area (Å²) in [6, 6.07) is 9.83. The molecule has 7 nitrogen and oxygen atoms in total. The molecule has 7 heteroatoms. The smallest absolute Gasteiger partial charge is 0.233 e. The molecule has 27 heavy (non-hydrogen) atoms. The molecule has 0 N–H and O–H groups in total. The number of hydrogen-bond donors (Lipinski definition) is 0. The van der Waals surface area contributed by atoms with Gasteiger partial charge in [-0.05, 0) is 65.0 Å². The average molecular weight is 362 g/mol. The first-order chi connectivity index (χ1) is 12.8. The van der Waals surface area contributed by atoms with Crippen molar-refractivity contribution in [1.29, 1.82) is 0 Å². The minimum absolute atomic E-state index is 0.172. The highest BCUT2D eigenvalue weighted by Gasteiger charge is 2.20. The van der Waals surface area contributed by atoms with Gasteiger partial charge in [-0.1, -0.05) is 0 Å². The van der Waals surface area contributed by atoms with E-state index >= 15 is 0 Å². The van der Waals surface area contributed by atoms with Gasteiger partial charge in [0.2, 0.25) is 5.88 Å². The van der Waals surface area contributed by atoms with Crippen molar-refractivity contribution in [2.75, 3.05) is 0 Å². The SMILES string of the molecule is Cc1cc(C)n(-c2ccc(Oc3ncnc4c3cnn4C(C)(C)C)cc2)n1. The van der Waals surface area contributed by atoms with Crippen LogP contribution in [0.25, 0.3) is 16.7 Å². The molecule has 0 aliphatic rings. The average Bonchev–Trinajstić information content (AvgIpc) is 3.19. The minimum Gasteiger partial charge on any atom is -0.438 e. The lowest BCUT2D eigenvalue weighted by Crippen LogP contribution is -2.23. The molecule has 0 unspecified atom stereocenters. The third kappa shape index (κ3) is 3.16. The van der Waals surface area contributed by atoms with Crippen LogP contribution in [0.2, 0.25) is 0 Å². The number of hydrogen-bond acceptors (Lipinski definition) is 5. The molecule has 3 heterocycles. The van der Waals surface area contributed by atoms with Gasteiger partial charge in [0, 0.05) is 5.69 Å². The molecular formula is C20H22N6O. The second kappa shape index (κ2) is 6.19. The van der Waals surface area contributed by atoms with Crippen molar-refractivity contribution in [3.8, 4) is 17.3 Å². The van der Waals surface area contributed by atoms with E-state index in [0.717, 1.165) is 28.1 Å². The third-order valence-corrected chi connectivity index (χ3v) is 4.27. The van der Waals surface area contributed by atoms with Gasteiger partial charge in [-0.15, -0.1) is 0 Å².